The Labute approximate surface area is 167 Å². The summed E-state index contributed by atoms with van der Waals surface area (Å²) in [7, 11) is 1.33. The second-order valence-electron chi connectivity index (χ2n) is 6.25. The second kappa shape index (κ2) is 9.79. The Kier molecular flexibility index (Phi) is 7.44. The molecule has 150 valence electrons. The number of nitrogens with zero attached hydrogens (tertiary/aromatic N) is 2. The minimum absolute atomic E-state index is 0.116. The van der Waals surface area contributed by atoms with Crippen LogP contribution in [0.15, 0.2) is 29.1 Å². The van der Waals surface area contributed by atoms with Crippen molar-refractivity contribution in [3.05, 3.63) is 40.3 Å². The van der Waals surface area contributed by atoms with Gasteiger partial charge < -0.3 is 10.1 Å². The minimum atomic E-state index is -0.524. The molecule has 1 aromatic carbocycles. The largest absolute Gasteiger partial charge is 0.469 e. The van der Waals surface area contributed by atoms with E-state index >= 15 is 0 Å². The normalized spacial score (nSPS) is 10.6. The van der Waals surface area contributed by atoms with Crippen LogP contribution < -0.4 is 21.7 Å². The Hall–Kier alpha value is -3.01. The summed E-state index contributed by atoms with van der Waals surface area (Å²) < 4.78 is 5.83. The Morgan fingerprint density at radius 2 is 1.89 bits per heavy atom. The third-order valence-electron chi connectivity index (χ3n) is 3.89. The number of fused-ring (bicyclic) bond motifs is 1. The van der Waals surface area contributed by atoms with Crippen molar-refractivity contribution in [3.8, 4) is 0 Å². The summed E-state index contributed by atoms with van der Waals surface area (Å²) in [4.78, 5) is 36.2. The molecular weight excluding hydrogens is 382 g/mol. The number of carbonyl (C=O) groups excluding carboxylic acids is 2. The molecule has 0 saturated carbocycles. The van der Waals surface area contributed by atoms with Gasteiger partial charge in [0, 0.05) is 18.4 Å². The van der Waals surface area contributed by atoms with Crippen molar-refractivity contribution in [1.29, 1.82) is 0 Å². The zero-order valence-corrected chi connectivity index (χ0v) is 16.8. The number of hydrogen-bond donors (Lipinski definition) is 3. The molecule has 0 aliphatic carbocycles. The van der Waals surface area contributed by atoms with Crippen molar-refractivity contribution in [3.63, 3.8) is 0 Å². The molecule has 1 amide bonds. The third kappa shape index (κ3) is 5.26. The van der Waals surface area contributed by atoms with Crippen LogP contribution in [0.5, 0.6) is 0 Å². The smallest absolute Gasteiger partial charge is 0.305 e. The van der Waals surface area contributed by atoms with Crippen LogP contribution in [0, 0.1) is 0 Å². The molecule has 1 heterocycles. The van der Waals surface area contributed by atoms with E-state index in [4.69, 9.17) is 12.2 Å². The predicted octanol–water partition coefficient (Wildman–Crippen LogP) is 1.04. The van der Waals surface area contributed by atoms with E-state index in [9.17, 15) is 14.4 Å². The van der Waals surface area contributed by atoms with E-state index in [-0.39, 0.29) is 34.8 Å². The molecule has 0 aliphatic rings. The molecule has 0 fully saturated rings. The van der Waals surface area contributed by atoms with Crippen LogP contribution in [0.3, 0.4) is 0 Å². The number of hydrogen-bond acceptors (Lipinski definition) is 6. The number of rotatable bonds is 6. The average Bonchev–Trinajstić information content (AvgIpc) is 2.69. The van der Waals surface area contributed by atoms with Crippen molar-refractivity contribution < 1.29 is 14.3 Å². The highest BCUT2D eigenvalue weighted by atomic mass is 32.1. The van der Waals surface area contributed by atoms with Crippen LogP contribution in [0.2, 0.25) is 0 Å². The number of thiocarbonyl (C=S) groups is 1. The van der Waals surface area contributed by atoms with E-state index < -0.39 is 5.91 Å². The van der Waals surface area contributed by atoms with E-state index in [1.807, 2.05) is 13.8 Å². The monoisotopic (exact) mass is 405 g/mol. The average molecular weight is 405 g/mol. The van der Waals surface area contributed by atoms with Gasteiger partial charge in [0.05, 0.1) is 18.5 Å². The molecule has 0 unspecified atom stereocenters. The molecule has 0 atom stereocenters. The van der Waals surface area contributed by atoms with Crippen LogP contribution in [-0.2, 0) is 9.53 Å². The van der Waals surface area contributed by atoms with Crippen molar-refractivity contribution in [2.75, 3.05) is 13.7 Å². The molecule has 0 bridgehead atoms. The summed E-state index contributed by atoms with van der Waals surface area (Å²) in [6.45, 7) is 4.07. The minimum Gasteiger partial charge on any atom is -0.469 e. The lowest BCUT2D eigenvalue weighted by Crippen LogP contribution is -2.47. The first-order valence-corrected chi connectivity index (χ1v) is 9.18. The Morgan fingerprint density at radius 3 is 2.54 bits per heavy atom. The molecule has 28 heavy (non-hydrogen) atoms. The molecule has 0 spiro atoms. The summed E-state index contributed by atoms with van der Waals surface area (Å²) >= 11 is 5.09. The van der Waals surface area contributed by atoms with Gasteiger partial charge in [-0.2, -0.15) is 5.10 Å². The number of nitrogens with one attached hydrogen (secondary N) is 3. The van der Waals surface area contributed by atoms with Gasteiger partial charge in [-0.15, -0.1) is 0 Å². The second-order valence-corrected chi connectivity index (χ2v) is 6.66. The maximum atomic E-state index is 12.6. The number of hydrazine groups is 1. The lowest BCUT2D eigenvalue weighted by atomic mass is 10.1. The van der Waals surface area contributed by atoms with Gasteiger partial charge in [0.1, 0.15) is 0 Å². The Bertz CT molecular complexity index is 941. The summed E-state index contributed by atoms with van der Waals surface area (Å²) in [6, 6.07) is 6.61. The van der Waals surface area contributed by atoms with Gasteiger partial charge >= 0.3 is 5.97 Å². The molecule has 0 radical (unpaired) electrons. The van der Waals surface area contributed by atoms with Crippen LogP contribution in [0.4, 0.5) is 0 Å². The number of methoxy groups -OCH3 is 1. The highest BCUT2D eigenvalue weighted by Gasteiger charge is 2.17. The molecule has 0 aliphatic heterocycles. The first kappa shape index (κ1) is 21.3. The fraction of sp³-hybridized carbons (Fsp3) is 0.389. The molecule has 0 saturated heterocycles. The van der Waals surface area contributed by atoms with Gasteiger partial charge in [-0.05, 0) is 38.6 Å². The van der Waals surface area contributed by atoms with Crippen molar-refractivity contribution in [2.45, 2.75) is 32.7 Å². The van der Waals surface area contributed by atoms with E-state index in [2.05, 4.69) is 26.0 Å². The fourth-order valence-corrected chi connectivity index (χ4v) is 2.63. The topological polar surface area (TPSA) is 114 Å². The summed E-state index contributed by atoms with van der Waals surface area (Å²) in [5.74, 6) is -0.823. The van der Waals surface area contributed by atoms with E-state index in [1.54, 1.807) is 24.3 Å². The van der Waals surface area contributed by atoms with Crippen molar-refractivity contribution in [1.82, 2.24) is 25.9 Å². The molecule has 9 nitrogen and oxygen atoms in total. The summed E-state index contributed by atoms with van der Waals surface area (Å²) in [5, 5.41) is 8.16. The first-order chi connectivity index (χ1) is 13.3. The van der Waals surface area contributed by atoms with E-state index in [0.29, 0.717) is 23.7 Å². The molecule has 10 heteroatoms. The maximum absolute atomic E-state index is 12.6. The number of amides is 1. The summed E-state index contributed by atoms with van der Waals surface area (Å²) in [5.41, 5.74) is 4.93. The van der Waals surface area contributed by atoms with Gasteiger partial charge in [-0.1, -0.05) is 18.2 Å². The van der Waals surface area contributed by atoms with Gasteiger partial charge in [0.15, 0.2) is 10.8 Å². The van der Waals surface area contributed by atoms with Gasteiger partial charge in [-0.25, -0.2) is 4.68 Å². The molecule has 3 N–H and O–H groups in total. The molecule has 1 aromatic heterocycles. The Morgan fingerprint density at radius 1 is 1.21 bits per heavy atom. The number of esters is 1. The fourth-order valence-electron chi connectivity index (χ4n) is 2.48. The zero-order chi connectivity index (χ0) is 20.7. The molecular formula is C18H23N5O4S. The standard InChI is InChI=1S/C18H23N5O4S/c1-11(2)23-17(26)13-8-5-4-7-12(13)15(22-23)16(25)20-21-18(28)19-10-6-9-14(24)27-3/h4-5,7-8,11H,6,9-10H2,1-3H3,(H,20,25)(H2,19,21,28). The number of carbonyl (C=O) groups is 2. The van der Waals surface area contributed by atoms with E-state index in [1.165, 1.54) is 11.8 Å². The first-order valence-electron chi connectivity index (χ1n) is 8.77. The zero-order valence-electron chi connectivity index (χ0n) is 15.9. The van der Waals surface area contributed by atoms with Gasteiger partial charge in [-0.3, -0.25) is 25.2 Å². The lowest BCUT2D eigenvalue weighted by molar-refractivity contribution is -0.140. The summed E-state index contributed by atoms with van der Waals surface area (Å²) in [6.07, 6.45) is 0.805. The van der Waals surface area contributed by atoms with Crippen LogP contribution in [0.1, 0.15) is 43.2 Å². The number of benzene rings is 1. The lowest BCUT2D eigenvalue weighted by Gasteiger charge is -2.14. The van der Waals surface area contributed by atoms with E-state index in [0.717, 1.165) is 0 Å². The SMILES string of the molecule is COC(=O)CCCNC(=S)NNC(=O)c1nn(C(C)C)c(=O)c2ccccc12. The highest BCUT2D eigenvalue weighted by molar-refractivity contribution is 7.80. The van der Waals surface area contributed by atoms with Crippen molar-refractivity contribution >= 4 is 40.0 Å². The molecule has 2 aromatic rings. The molecule has 2 rings (SSSR count). The number of ether oxygens (including phenoxy) is 1. The van der Waals surface area contributed by atoms with Crippen LogP contribution >= 0.6 is 12.2 Å². The van der Waals surface area contributed by atoms with Crippen molar-refractivity contribution in [2.24, 2.45) is 0 Å². The van der Waals surface area contributed by atoms with Crippen LogP contribution in [0.25, 0.3) is 10.8 Å². The quantitative estimate of drug-likeness (QED) is 0.283. The maximum Gasteiger partial charge on any atom is 0.305 e. The number of aromatic nitrogens is 2. The van der Waals surface area contributed by atoms with Gasteiger partial charge in [0.25, 0.3) is 11.5 Å². The highest BCUT2D eigenvalue weighted by Crippen LogP contribution is 2.14. The third-order valence-corrected chi connectivity index (χ3v) is 4.14. The van der Waals surface area contributed by atoms with Gasteiger partial charge in [0.2, 0.25) is 0 Å². The Balaban J connectivity index is 2.05. The predicted molar refractivity (Wildman–Crippen MR) is 109 cm³/mol. The van der Waals surface area contributed by atoms with Crippen LogP contribution in [-0.4, -0.2) is 40.4 Å².